The van der Waals surface area contributed by atoms with Gasteiger partial charge >= 0.3 is 5.97 Å². The first-order valence-electron chi connectivity index (χ1n) is 5.39. The van der Waals surface area contributed by atoms with Crippen molar-refractivity contribution in [1.82, 2.24) is 0 Å². The predicted molar refractivity (Wildman–Crippen MR) is 67.1 cm³/mol. The summed E-state index contributed by atoms with van der Waals surface area (Å²) in [5, 5.41) is 0. The fourth-order valence-electron chi connectivity index (χ4n) is 1.93. The smallest absolute Gasteiger partial charge is 0.311 e. The largest absolute Gasteiger partial charge is 0.469 e. The Morgan fingerprint density at radius 1 is 1.60 bits per heavy atom. The average Bonchev–Trinajstić information content (AvgIpc) is 2.27. The van der Waals surface area contributed by atoms with E-state index in [9.17, 15) is 4.79 Å². The number of halogens is 1. The van der Waals surface area contributed by atoms with Crippen molar-refractivity contribution in [3.8, 4) is 0 Å². The van der Waals surface area contributed by atoms with Crippen LogP contribution in [0.25, 0.3) is 0 Å². The van der Waals surface area contributed by atoms with Crippen molar-refractivity contribution in [2.45, 2.75) is 38.9 Å². The summed E-state index contributed by atoms with van der Waals surface area (Å²) in [7, 11) is 1.43. The lowest BCUT2D eigenvalue weighted by Crippen LogP contribution is -2.40. The van der Waals surface area contributed by atoms with Crippen LogP contribution < -0.4 is 0 Å². The molecule has 4 heteroatoms. The van der Waals surface area contributed by atoms with Gasteiger partial charge in [-0.2, -0.15) is 0 Å². The number of alkyl halides is 1. The van der Waals surface area contributed by atoms with E-state index in [2.05, 4.69) is 29.5 Å². The Labute approximate surface area is 105 Å². The molecule has 0 saturated carbocycles. The molecule has 0 radical (unpaired) electrons. The molecule has 1 aliphatic rings. The minimum Gasteiger partial charge on any atom is -0.469 e. The van der Waals surface area contributed by atoms with Crippen LogP contribution in [-0.2, 0) is 14.3 Å². The number of rotatable bonds is 3. The van der Waals surface area contributed by atoms with Crippen molar-refractivity contribution in [3.05, 3.63) is 0 Å². The highest BCUT2D eigenvalue weighted by Crippen LogP contribution is 2.29. The molecule has 0 amide bonds. The van der Waals surface area contributed by atoms with Gasteiger partial charge < -0.3 is 9.47 Å². The summed E-state index contributed by atoms with van der Waals surface area (Å²) in [6, 6.07) is 0. The number of ether oxygens (including phenoxy) is 2. The van der Waals surface area contributed by atoms with E-state index < -0.39 is 0 Å². The van der Waals surface area contributed by atoms with Crippen LogP contribution in [0.15, 0.2) is 0 Å². The summed E-state index contributed by atoms with van der Waals surface area (Å²) >= 11 is 2.34. The molecule has 1 heterocycles. The van der Waals surface area contributed by atoms with Gasteiger partial charge in [0.1, 0.15) is 0 Å². The van der Waals surface area contributed by atoms with Crippen LogP contribution in [0.4, 0.5) is 0 Å². The Bertz CT molecular complexity index is 220. The molecule has 1 fully saturated rings. The Morgan fingerprint density at radius 3 is 2.80 bits per heavy atom. The summed E-state index contributed by atoms with van der Waals surface area (Å²) in [6.45, 7) is 4.10. The standard InChI is InChI=1S/C11H19IO3/c1-7-4-5-9(15-10(7)6-12)8(2)11(13)14-3/h7-10H,4-6H2,1-3H3/t7-,8+,9+,10+/m0/s1. The fourth-order valence-corrected chi connectivity index (χ4v) is 3.01. The minimum absolute atomic E-state index is 0.0356. The van der Waals surface area contributed by atoms with Crippen molar-refractivity contribution in [1.29, 1.82) is 0 Å². The van der Waals surface area contributed by atoms with E-state index in [1.54, 1.807) is 0 Å². The van der Waals surface area contributed by atoms with Gasteiger partial charge in [-0.15, -0.1) is 0 Å². The quantitative estimate of drug-likeness (QED) is 0.454. The molecule has 3 nitrogen and oxygen atoms in total. The van der Waals surface area contributed by atoms with Gasteiger partial charge in [0.25, 0.3) is 0 Å². The van der Waals surface area contributed by atoms with Gasteiger partial charge in [-0.3, -0.25) is 4.79 Å². The van der Waals surface area contributed by atoms with Gasteiger partial charge in [0.2, 0.25) is 0 Å². The van der Waals surface area contributed by atoms with Crippen LogP contribution in [-0.4, -0.2) is 29.7 Å². The van der Waals surface area contributed by atoms with Gasteiger partial charge in [0.15, 0.2) is 0 Å². The first-order valence-corrected chi connectivity index (χ1v) is 6.92. The monoisotopic (exact) mass is 326 g/mol. The highest BCUT2D eigenvalue weighted by Gasteiger charge is 2.33. The van der Waals surface area contributed by atoms with Crippen LogP contribution in [0.3, 0.4) is 0 Å². The number of carbonyl (C=O) groups is 1. The van der Waals surface area contributed by atoms with Crippen molar-refractivity contribution < 1.29 is 14.3 Å². The maximum absolute atomic E-state index is 11.4. The van der Waals surface area contributed by atoms with Crippen LogP contribution in [0.5, 0.6) is 0 Å². The molecule has 88 valence electrons. The van der Waals surface area contributed by atoms with E-state index >= 15 is 0 Å². The number of carbonyl (C=O) groups excluding carboxylic acids is 1. The van der Waals surface area contributed by atoms with Crippen molar-refractivity contribution in [3.63, 3.8) is 0 Å². The molecule has 0 aromatic carbocycles. The summed E-state index contributed by atoms with van der Waals surface area (Å²) in [6.07, 6.45) is 2.43. The second-order valence-electron chi connectivity index (χ2n) is 4.23. The maximum atomic E-state index is 11.4. The molecule has 0 aliphatic carbocycles. The number of hydrogen-bond donors (Lipinski definition) is 0. The van der Waals surface area contributed by atoms with Gasteiger partial charge in [-0.05, 0) is 25.7 Å². The van der Waals surface area contributed by atoms with Gasteiger partial charge in [-0.25, -0.2) is 0 Å². The lowest BCUT2D eigenvalue weighted by molar-refractivity contribution is -0.156. The Morgan fingerprint density at radius 2 is 2.27 bits per heavy atom. The minimum atomic E-state index is -0.165. The molecule has 1 rings (SSSR count). The van der Waals surface area contributed by atoms with E-state index in [4.69, 9.17) is 9.47 Å². The highest BCUT2D eigenvalue weighted by molar-refractivity contribution is 14.1. The third-order valence-electron chi connectivity index (χ3n) is 3.17. The zero-order valence-corrected chi connectivity index (χ0v) is 11.7. The Hall–Kier alpha value is 0.160. The third kappa shape index (κ3) is 3.31. The normalized spacial score (nSPS) is 33.5. The number of hydrogen-bond acceptors (Lipinski definition) is 3. The van der Waals surface area contributed by atoms with Crippen LogP contribution in [0, 0.1) is 11.8 Å². The molecule has 0 aromatic heterocycles. The molecular weight excluding hydrogens is 307 g/mol. The third-order valence-corrected chi connectivity index (χ3v) is 4.04. The molecule has 1 saturated heterocycles. The topological polar surface area (TPSA) is 35.5 Å². The predicted octanol–water partition coefficient (Wildman–Crippen LogP) is 2.41. The van der Waals surface area contributed by atoms with E-state index in [0.717, 1.165) is 17.3 Å². The van der Waals surface area contributed by atoms with Crippen molar-refractivity contribution in [2.75, 3.05) is 11.5 Å². The second kappa shape index (κ2) is 6.03. The molecule has 4 atom stereocenters. The van der Waals surface area contributed by atoms with Crippen LogP contribution in [0.1, 0.15) is 26.7 Å². The zero-order chi connectivity index (χ0) is 11.4. The number of esters is 1. The number of methoxy groups -OCH3 is 1. The van der Waals surface area contributed by atoms with Gasteiger partial charge in [0.05, 0.1) is 25.2 Å². The van der Waals surface area contributed by atoms with E-state index in [1.165, 1.54) is 7.11 Å². The lowest BCUT2D eigenvalue weighted by Gasteiger charge is -2.36. The van der Waals surface area contributed by atoms with Crippen molar-refractivity contribution >= 4 is 28.6 Å². The van der Waals surface area contributed by atoms with E-state index in [0.29, 0.717) is 5.92 Å². The highest BCUT2D eigenvalue weighted by atomic mass is 127. The maximum Gasteiger partial charge on any atom is 0.311 e. The summed E-state index contributed by atoms with van der Waals surface area (Å²) in [4.78, 5) is 11.4. The fraction of sp³-hybridized carbons (Fsp3) is 0.909. The summed E-state index contributed by atoms with van der Waals surface area (Å²) in [5.41, 5.74) is 0. The van der Waals surface area contributed by atoms with Crippen LogP contribution in [0.2, 0.25) is 0 Å². The first-order chi connectivity index (χ1) is 7.10. The molecule has 0 aromatic rings. The lowest BCUT2D eigenvalue weighted by atomic mass is 9.89. The summed E-state index contributed by atoms with van der Waals surface area (Å²) in [5.74, 6) is 0.290. The van der Waals surface area contributed by atoms with Gasteiger partial charge in [-0.1, -0.05) is 29.5 Å². The van der Waals surface area contributed by atoms with Gasteiger partial charge in [0, 0.05) is 4.43 Å². The summed E-state index contributed by atoms with van der Waals surface area (Å²) < 4.78 is 11.7. The van der Waals surface area contributed by atoms with Crippen molar-refractivity contribution in [2.24, 2.45) is 11.8 Å². The van der Waals surface area contributed by atoms with E-state index in [-0.39, 0.29) is 24.1 Å². The molecule has 0 bridgehead atoms. The molecule has 1 aliphatic heterocycles. The molecule has 0 unspecified atom stereocenters. The second-order valence-corrected chi connectivity index (χ2v) is 5.11. The first kappa shape index (κ1) is 13.2. The van der Waals surface area contributed by atoms with E-state index in [1.807, 2.05) is 6.92 Å². The average molecular weight is 326 g/mol. The Balaban J connectivity index is 2.54. The Kier molecular flexibility index (Phi) is 5.32. The molecule has 15 heavy (non-hydrogen) atoms. The molecule has 0 spiro atoms. The SMILES string of the molecule is COC(=O)[C@H](C)[C@H]1CC[C@H](C)[C@@H](CI)O1. The molecular formula is C11H19IO3. The van der Waals surface area contributed by atoms with Crippen LogP contribution >= 0.6 is 22.6 Å². The molecule has 0 N–H and O–H groups in total. The zero-order valence-electron chi connectivity index (χ0n) is 9.53.